The van der Waals surface area contributed by atoms with E-state index in [0.29, 0.717) is 6.54 Å². The van der Waals surface area contributed by atoms with Gasteiger partial charge < -0.3 is 4.90 Å². The average molecular weight is 262 g/mol. The number of nitrogens with one attached hydrogen (secondary N) is 1. The highest BCUT2D eigenvalue weighted by Gasteiger charge is 2.12. The summed E-state index contributed by atoms with van der Waals surface area (Å²) in [7, 11) is 1.59. The van der Waals surface area contributed by atoms with E-state index >= 15 is 0 Å². The number of imide groups is 1. The SMILES string of the molecule is Cc1nc(CN(C)C(=O)NC(=O)CCl)cs1. The van der Waals surface area contributed by atoms with Gasteiger partial charge in [0.2, 0.25) is 5.91 Å². The predicted molar refractivity (Wildman–Crippen MR) is 62.6 cm³/mol. The highest BCUT2D eigenvalue weighted by Crippen LogP contribution is 2.09. The van der Waals surface area contributed by atoms with E-state index in [2.05, 4.69) is 10.3 Å². The summed E-state index contributed by atoms with van der Waals surface area (Å²) in [4.78, 5) is 27.9. The van der Waals surface area contributed by atoms with Crippen LogP contribution >= 0.6 is 22.9 Å². The Morgan fingerprint density at radius 2 is 2.31 bits per heavy atom. The minimum Gasteiger partial charge on any atom is -0.322 e. The number of aromatic nitrogens is 1. The lowest BCUT2D eigenvalue weighted by Crippen LogP contribution is -2.40. The van der Waals surface area contributed by atoms with Gasteiger partial charge in [-0.1, -0.05) is 0 Å². The highest BCUT2D eigenvalue weighted by atomic mass is 35.5. The highest BCUT2D eigenvalue weighted by molar-refractivity contribution is 7.09. The van der Waals surface area contributed by atoms with Gasteiger partial charge in [0, 0.05) is 12.4 Å². The number of nitrogens with zero attached hydrogens (tertiary/aromatic N) is 2. The van der Waals surface area contributed by atoms with Crippen molar-refractivity contribution < 1.29 is 9.59 Å². The molecule has 16 heavy (non-hydrogen) atoms. The molecular weight excluding hydrogens is 250 g/mol. The summed E-state index contributed by atoms with van der Waals surface area (Å²) in [5, 5.41) is 4.97. The first kappa shape index (κ1) is 12.9. The predicted octanol–water partition coefficient (Wildman–Crippen LogP) is 1.36. The van der Waals surface area contributed by atoms with Crippen molar-refractivity contribution in [1.29, 1.82) is 0 Å². The number of urea groups is 1. The fourth-order valence-electron chi connectivity index (χ4n) is 1.04. The molecule has 0 aliphatic rings. The van der Waals surface area contributed by atoms with E-state index in [9.17, 15) is 9.59 Å². The van der Waals surface area contributed by atoms with Gasteiger partial charge in [0.1, 0.15) is 5.88 Å². The molecule has 0 bridgehead atoms. The molecule has 3 amide bonds. The van der Waals surface area contributed by atoms with Crippen molar-refractivity contribution in [1.82, 2.24) is 15.2 Å². The Morgan fingerprint density at radius 3 is 2.81 bits per heavy atom. The lowest BCUT2D eigenvalue weighted by atomic mass is 10.4. The van der Waals surface area contributed by atoms with Gasteiger partial charge in [0.05, 0.1) is 17.2 Å². The maximum Gasteiger partial charge on any atom is 0.324 e. The minimum absolute atomic E-state index is 0.227. The van der Waals surface area contributed by atoms with Crippen molar-refractivity contribution in [3.8, 4) is 0 Å². The van der Waals surface area contributed by atoms with Crippen LogP contribution in [0.2, 0.25) is 0 Å². The topological polar surface area (TPSA) is 62.3 Å². The van der Waals surface area contributed by atoms with E-state index in [4.69, 9.17) is 11.6 Å². The zero-order valence-corrected chi connectivity index (χ0v) is 10.6. The summed E-state index contributed by atoms with van der Waals surface area (Å²) in [5.74, 6) is -0.733. The number of halogens is 1. The quantitative estimate of drug-likeness (QED) is 0.836. The van der Waals surface area contributed by atoms with Crippen LogP contribution in [-0.4, -0.2) is 34.7 Å². The second-order valence-electron chi connectivity index (χ2n) is 3.20. The second-order valence-corrected chi connectivity index (χ2v) is 4.53. The van der Waals surface area contributed by atoms with Crippen LogP contribution < -0.4 is 5.32 Å². The van der Waals surface area contributed by atoms with Crippen LogP contribution in [0, 0.1) is 6.92 Å². The molecule has 1 heterocycles. The normalized spacial score (nSPS) is 9.94. The number of rotatable bonds is 3. The molecule has 0 aromatic carbocycles. The van der Waals surface area contributed by atoms with Crippen LogP contribution in [0.15, 0.2) is 5.38 Å². The number of carbonyl (C=O) groups is 2. The summed E-state index contributed by atoms with van der Waals surface area (Å²) in [6.45, 7) is 2.26. The maximum atomic E-state index is 11.4. The minimum atomic E-state index is -0.507. The number of aryl methyl sites for hydroxylation is 1. The third-order valence-corrected chi connectivity index (χ3v) is 2.85. The molecule has 0 radical (unpaired) electrons. The zero-order valence-electron chi connectivity index (χ0n) is 8.99. The molecule has 1 aromatic heterocycles. The van der Waals surface area contributed by atoms with Gasteiger partial charge in [0.25, 0.3) is 0 Å². The van der Waals surface area contributed by atoms with E-state index in [1.807, 2.05) is 12.3 Å². The summed E-state index contributed by atoms with van der Waals surface area (Å²) >= 11 is 6.79. The molecule has 7 heteroatoms. The number of hydrogen-bond donors (Lipinski definition) is 1. The van der Waals surface area contributed by atoms with Crippen molar-refractivity contribution in [2.45, 2.75) is 13.5 Å². The zero-order chi connectivity index (χ0) is 12.1. The Morgan fingerprint density at radius 1 is 1.62 bits per heavy atom. The molecule has 5 nitrogen and oxygen atoms in total. The van der Waals surface area contributed by atoms with E-state index in [-0.39, 0.29) is 5.88 Å². The van der Waals surface area contributed by atoms with Gasteiger partial charge in [-0.25, -0.2) is 9.78 Å². The molecule has 0 aliphatic carbocycles. The number of amides is 3. The van der Waals surface area contributed by atoms with Gasteiger partial charge in [0.15, 0.2) is 0 Å². The number of carbonyl (C=O) groups excluding carboxylic acids is 2. The van der Waals surface area contributed by atoms with Crippen molar-refractivity contribution in [3.05, 3.63) is 16.1 Å². The first-order valence-corrected chi connectivity index (χ1v) is 5.96. The van der Waals surface area contributed by atoms with Gasteiger partial charge in [-0.3, -0.25) is 10.1 Å². The smallest absolute Gasteiger partial charge is 0.322 e. The molecule has 0 fully saturated rings. The Balaban J connectivity index is 2.48. The average Bonchev–Trinajstić information content (AvgIpc) is 2.63. The van der Waals surface area contributed by atoms with Crippen LogP contribution in [0.5, 0.6) is 0 Å². The third-order valence-electron chi connectivity index (χ3n) is 1.78. The molecule has 88 valence electrons. The Labute approximate surface area is 102 Å². The van der Waals surface area contributed by atoms with Crippen molar-refractivity contribution in [2.75, 3.05) is 12.9 Å². The molecule has 0 aliphatic heterocycles. The number of hydrogen-bond acceptors (Lipinski definition) is 4. The monoisotopic (exact) mass is 261 g/mol. The fraction of sp³-hybridized carbons (Fsp3) is 0.444. The molecule has 1 N–H and O–H groups in total. The van der Waals surface area contributed by atoms with Crippen molar-refractivity contribution >= 4 is 34.9 Å². The number of alkyl halides is 1. The van der Waals surface area contributed by atoms with Gasteiger partial charge in [-0.05, 0) is 6.92 Å². The van der Waals surface area contributed by atoms with Crippen molar-refractivity contribution in [3.63, 3.8) is 0 Å². The van der Waals surface area contributed by atoms with E-state index in [1.54, 1.807) is 7.05 Å². The van der Waals surface area contributed by atoms with Crippen LogP contribution in [0.4, 0.5) is 4.79 Å². The summed E-state index contributed by atoms with van der Waals surface area (Å²) in [6.07, 6.45) is 0. The van der Waals surface area contributed by atoms with E-state index in [1.165, 1.54) is 16.2 Å². The van der Waals surface area contributed by atoms with Crippen LogP contribution in [0.3, 0.4) is 0 Å². The maximum absolute atomic E-state index is 11.4. The van der Waals surface area contributed by atoms with Crippen LogP contribution in [0.1, 0.15) is 10.7 Å². The summed E-state index contributed by atoms with van der Waals surface area (Å²) in [6, 6.07) is -0.476. The van der Waals surface area contributed by atoms with Crippen LogP contribution in [-0.2, 0) is 11.3 Å². The van der Waals surface area contributed by atoms with Gasteiger partial charge in [-0.15, -0.1) is 22.9 Å². The molecule has 0 saturated carbocycles. The largest absolute Gasteiger partial charge is 0.324 e. The van der Waals surface area contributed by atoms with Crippen LogP contribution in [0.25, 0.3) is 0 Å². The first-order chi connectivity index (χ1) is 7.52. The standard InChI is InChI=1S/C9H12ClN3O2S/c1-6-11-7(5-16-6)4-13(2)9(15)12-8(14)3-10/h5H,3-4H2,1-2H3,(H,12,14,15). The first-order valence-electron chi connectivity index (χ1n) is 4.55. The molecule has 1 rings (SSSR count). The number of thiazole rings is 1. The van der Waals surface area contributed by atoms with Gasteiger partial charge >= 0.3 is 6.03 Å². The summed E-state index contributed by atoms with van der Waals surface area (Å²) in [5.41, 5.74) is 0.804. The van der Waals surface area contributed by atoms with E-state index in [0.717, 1.165) is 10.7 Å². The molecule has 0 spiro atoms. The Kier molecular flexibility index (Phi) is 4.70. The second kappa shape index (κ2) is 5.81. The van der Waals surface area contributed by atoms with E-state index < -0.39 is 11.9 Å². The molecule has 0 saturated heterocycles. The van der Waals surface area contributed by atoms with Crippen molar-refractivity contribution in [2.24, 2.45) is 0 Å². The molecular formula is C9H12ClN3O2S. The summed E-state index contributed by atoms with van der Waals surface area (Å²) < 4.78 is 0. The Bertz CT molecular complexity index is 394. The Hall–Kier alpha value is -1.14. The molecule has 0 unspecified atom stereocenters. The lowest BCUT2D eigenvalue weighted by molar-refractivity contribution is -0.117. The molecule has 0 atom stereocenters. The fourth-order valence-corrected chi connectivity index (χ4v) is 1.71. The lowest BCUT2D eigenvalue weighted by Gasteiger charge is -2.15. The van der Waals surface area contributed by atoms with Gasteiger partial charge in [-0.2, -0.15) is 0 Å². The third kappa shape index (κ3) is 3.79. The molecule has 1 aromatic rings.